The summed E-state index contributed by atoms with van der Waals surface area (Å²) in [6.07, 6.45) is 5.64. The molecule has 0 aliphatic heterocycles. The highest BCUT2D eigenvalue weighted by Crippen LogP contribution is 2.22. The van der Waals surface area contributed by atoms with Gasteiger partial charge in [-0.1, -0.05) is 18.7 Å². The SMILES string of the molecule is CC(CCO)Sc1nc(Cl)nc(-n2ccnc2)n1. The lowest BCUT2D eigenvalue weighted by molar-refractivity contribution is 0.289. The Morgan fingerprint density at radius 1 is 1.44 bits per heavy atom. The zero-order valence-electron chi connectivity index (χ0n) is 9.69. The van der Waals surface area contributed by atoms with Crippen molar-refractivity contribution in [2.45, 2.75) is 23.8 Å². The highest BCUT2D eigenvalue weighted by molar-refractivity contribution is 7.99. The van der Waals surface area contributed by atoms with Crippen molar-refractivity contribution >= 4 is 23.4 Å². The van der Waals surface area contributed by atoms with E-state index in [9.17, 15) is 0 Å². The Hall–Kier alpha value is -1.18. The Morgan fingerprint density at radius 3 is 2.94 bits per heavy atom. The van der Waals surface area contributed by atoms with E-state index >= 15 is 0 Å². The van der Waals surface area contributed by atoms with Crippen LogP contribution in [0.4, 0.5) is 0 Å². The van der Waals surface area contributed by atoms with Crippen LogP contribution in [0.2, 0.25) is 5.28 Å². The Bertz CT molecular complexity index is 507. The van der Waals surface area contributed by atoms with Gasteiger partial charge in [0, 0.05) is 24.3 Å². The fourth-order valence-electron chi connectivity index (χ4n) is 1.29. The zero-order valence-corrected chi connectivity index (χ0v) is 11.3. The van der Waals surface area contributed by atoms with Gasteiger partial charge >= 0.3 is 0 Å². The summed E-state index contributed by atoms with van der Waals surface area (Å²) in [7, 11) is 0. The van der Waals surface area contributed by atoms with Crippen LogP contribution in [-0.2, 0) is 0 Å². The number of rotatable bonds is 5. The number of imidazole rings is 1. The standard InChI is InChI=1S/C10H12ClN5OS/c1-7(2-5-17)18-10-14-8(11)13-9(15-10)16-4-3-12-6-16/h3-4,6-7,17H,2,5H2,1H3. The van der Waals surface area contributed by atoms with Gasteiger partial charge in [-0.25, -0.2) is 4.98 Å². The fraction of sp³-hybridized carbons (Fsp3) is 0.400. The van der Waals surface area contributed by atoms with Crippen molar-refractivity contribution in [3.63, 3.8) is 0 Å². The summed E-state index contributed by atoms with van der Waals surface area (Å²) >= 11 is 7.32. The number of aliphatic hydroxyl groups is 1. The van der Waals surface area contributed by atoms with E-state index in [1.54, 1.807) is 23.3 Å². The van der Waals surface area contributed by atoms with Crippen molar-refractivity contribution in [1.82, 2.24) is 24.5 Å². The number of hydrogen-bond donors (Lipinski definition) is 1. The Kier molecular flexibility index (Phi) is 4.51. The summed E-state index contributed by atoms with van der Waals surface area (Å²) in [5, 5.41) is 9.77. The minimum absolute atomic E-state index is 0.140. The van der Waals surface area contributed by atoms with E-state index in [4.69, 9.17) is 16.7 Å². The number of aliphatic hydroxyl groups excluding tert-OH is 1. The lowest BCUT2D eigenvalue weighted by atomic mass is 10.4. The molecule has 2 heterocycles. The van der Waals surface area contributed by atoms with Crippen LogP contribution in [0.25, 0.3) is 5.95 Å². The molecule has 1 unspecified atom stereocenters. The molecule has 2 rings (SSSR count). The second-order valence-electron chi connectivity index (χ2n) is 3.60. The molecule has 96 valence electrons. The molecule has 0 aromatic carbocycles. The lowest BCUT2D eigenvalue weighted by Gasteiger charge is -2.08. The van der Waals surface area contributed by atoms with E-state index < -0.39 is 0 Å². The van der Waals surface area contributed by atoms with E-state index in [0.29, 0.717) is 17.5 Å². The van der Waals surface area contributed by atoms with Gasteiger partial charge in [-0.2, -0.15) is 15.0 Å². The molecule has 2 aromatic heterocycles. The summed E-state index contributed by atoms with van der Waals surface area (Å²) < 4.78 is 1.66. The summed E-state index contributed by atoms with van der Waals surface area (Å²) in [5.41, 5.74) is 0. The maximum absolute atomic E-state index is 8.87. The number of thioether (sulfide) groups is 1. The Labute approximate surface area is 113 Å². The van der Waals surface area contributed by atoms with Crippen LogP contribution in [0.1, 0.15) is 13.3 Å². The second-order valence-corrected chi connectivity index (χ2v) is 5.34. The maximum atomic E-state index is 8.87. The minimum Gasteiger partial charge on any atom is -0.396 e. The van der Waals surface area contributed by atoms with E-state index in [1.807, 2.05) is 6.92 Å². The van der Waals surface area contributed by atoms with Crippen molar-refractivity contribution in [2.24, 2.45) is 0 Å². The van der Waals surface area contributed by atoms with Crippen LogP contribution in [-0.4, -0.2) is 41.5 Å². The first kappa shape index (κ1) is 13.3. The van der Waals surface area contributed by atoms with Gasteiger partial charge in [-0.15, -0.1) is 0 Å². The first-order chi connectivity index (χ1) is 8.69. The molecule has 1 atom stereocenters. The summed E-state index contributed by atoms with van der Waals surface area (Å²) in [4.78, 5) is 16.3. The van der Waals surface area contributed by atoms with Crippen LogP contribution in [0.15, 0.2) is 23.9 Å². The molecule has 1 N–H and O–H groups in total. The number of aromatic nitrogens is 5. The van der Waals surface area contributed by atoms with Crippen LogP contribution < -0.4 is 0 Å². The molecule has 0 saturated heterocycles. The summed E-state index contributed by atoms with van der Waals surface area (Å²) in [6, 6.07) is 0. The predicted octanol–water partition coefficient (Wildman–Crippen LogP) is 1.57. The minimum atomic E-state index is 0.140. The first-order valence-corrected chi connectivity index (χ1v) is 6.62. The lowest BCUT2D eigenvalue weighted by Crippen LogP contribution is -2.05. The maximum Gasteiger partial charge on any atom is 0.240 e. The third-order valence-electron chi connectivity index (χ3n) is 2.15. The largest absolute Gasteiger partial charge is 0.396 e. The van der Waals surface area contributed by atoms with Gasteiger partial charge in [-0.05, 0) is 18.0 Å². The van der Waals surface area contributed by atoms with Crippen molar-refractivity contribution < 1.29 is 5.11 Å². The Morgan fingerprint density at radius 2 is 2.28 bits per heavy atom. The fourth-order valence-corrected chi connectivity index (χ4v) is 2.35. The number of hydrogen-bond acceptors (Lipinski definition) is 6. The van der Waals surface area contributed by atoms with E-state index in [2.05, 4.69) is 19.9 Å². The average molecular weight is 286 g/mol. The number of halogens is 1. The zero-order chi connectivity index (χ0) is 13.0. The van der Waals surface area contributed by atoms with Crippen molar-refractivity contribution in [1.29, 1.82) is 0 Å². The third kappa shape index (κ3) is 3.41. The average Bonchev–Trinajstić information content (AvgIpc) is 2.81. The molecule has 0 bridgehead atoms. The van der Waals surface area contributed by atoms with Crippen LogP contribution in [0.3, 0.4) is 0 Å². The molecule has 18 heavy (non-hydrogen) atoms. The molecule has 6 nitrogen and oxygen atoms in total. The van der Waals surface area contributed by atoms with Crippen LogP contribution in [0.5, 0.6) is 0 Å². The molecule has 0 aliphatic carbocycles. The monoisotopic (exact) mass is 285 g/mol. The van der Waals surface area contributed by atoms with Crippen molar-refractivity contribution in [2.75, 3.05) is 6.61 Å². The topological polar surface area (TPSA) is 76.7 Å². The molecule has 0 spiro atoms. The molecule has 0 radical (unpaired) electrons. The smallest absolute Gasteiger partial charge is 0.240 e. The Balaban J connectivity index is 2.22. The van der Waals surface area contributed by atoms with Gasteiger partial charge in [0.15, 0.2) is 5.16 Å². The van der Waals surface area contributed by atoms with Gasteiger partial charge in [0.25, 0.3) is 0 Å². The summed E-state index contributed by atoms with van der Waals surface area (Å²) in [5.74, 6) is 0.436. The molecule has 8 heteroatoms. The molecule has 0 aliphatic rings. The van der Waals surface area contributed by atoms with E-state index in [1.165, 1.54) is 11.8 Å². The third-order valence-corrected chi connectivity index (χ3v) is 3.35. The molecule has 0 fully saturated rings. The molecule has 0 amide bonds. The van der Waals surface area contributed by atoms with Crippen molar-refractivity contribution in [3.05, 3.63) is 24.0 Å². The van der Waals surface area contributed by atoms with Crippen LogP contribution in [0, 0.1) is 0 Å². The van der Waals surface area contributed by atoms with Gasteiger partial charge in [0.1, 0.15) is 6.33 Å². The molecular formula is C10H12ClN5OS. The van der Waals surface area contributed by atoms with Gasteiger partial charge in [0.2, 0.25) is 11.2 Å². The predicted molar refractivity (Wildman–Crippen MR) is 69.0 cm³/mol. The van der Waals surface area contributed by atoms with Gasteiger partial charge in [-0.3, -0.25) is 4.57 Å². The number of nitrogens with zero attached hydrogens (tertiary/aromatic N) is 5. The molecule has 2 aromatic rings. The highest BCUT2D eigenvalue weighted by atomic mass is 35.5. The molecular weight excluding hydrogens is 274 g/mol. The first-order valence-electron chi connectivity index (χ1n) is 5.36. The van der Waals surface area contributed by atoms with Gasteiger partial charge < -0.3 is 5.11 Å². The highest BCUT2D eigenvalue weighted by Gasteiger charge is 2.10. The normalized spacial score (nSPS) is 12.6. The van der Waals surface area contributed by atoms with Crippen LogP contribution >= 0.6 is 23.4 Å². The van der Waals surface area contributed by atoms with E-state index in [0.717, 1.165) is 0 Å². The summed E-state index contributed by atoms with van der Waals surface area (Å²) in [6.45, 7) is 2.14. The molecule has 0 saturated carbocycles. The quantitative estimate of drug-likeness (QED) is 0.841. The second kappa shape index (κ2) is 6.12. The van der Waals surface area contributed by atoms with Gasteiger partial charge in [0.05, 0.1) is 0 Å². The van der Waals surface area contributed by atoms with E-state index in [-0.39, 0.29) is 17.1 Å². The van der Waals surface area contributed by atoms with Crippen molar-refractivity contribution in [3.8, 4) is 5.95 Å².